The third kappa shape index (κ3) is 7.58. The fourth-order valence-electron chi connectivity index (χ4n) is 4.67. The van der Waals surface area contributed by atoms with Gasteiger partial charge in [-0.25, -0.2) is 4.39 Å². The summed E-state index contributed by atoms with van der Waals surface area (Å²) < 4.78 is 14.0. The van der Waals surface area contributed by atoms with Crippen molar-refractivity contribution in [2.24, 2.45) is 11.8 Å². The average Bonchev–Trinajstić information content (AvgIpc) is 3.71. The van der Waals surface area contributed by atoms with E-state index in [2.05, 4.69) is 24.1 Å². The fraction of sp³-hybridized carbons (Fsp3) is 0.406. The van der Waals surface area contributed by atoms with Crippen molar-refractivity contribution < 1.29 is 14.0 Å². The Balaban J connectivity index is 1.56. The highest BCUT2D eigenvalue weighted by atomic mass is 19.1. The molecule has 1 aliphatic carbocycles. The summed E-state index contributed by atoms with van der Waals surface area (Å²) in [5.41, 5.74) is 5.65. The van der Waals surface area contributed by atoms with E-state index >= 15 is 0 Å². The first kappa shape index (κ1) is 26.7. The Morgan fingerprint density at radius 2 is 1.86 bits per heavy atom. The molecule has 5 heteroatoms. The van der Waals surface area contributed by atoms with E-state index in [-0.39, 0.29) is 24.1 Å². The number of ketones is 1. The van der Waals surface area contributed by atoms with Gasteiger partial charge in [-0.1, -0.05) is 57.0 Å². The third-order valence-electron chi connectivity index (χ3n) is 7.04. The van der Waals surface area contributed by atoms with Gasteiger partial charge in [-0.05, 0) is 78.5 Å². The number of aromatic nitrogens is 1. The van der Waals surface area contributed by atoms with Gasteiger partial charge in [0.25, 0.3) is 5.91 Å². The van der Waals surface area contributed by atoms with E-state index in [1.54, 1.807) is 19.2 Å². The highest BCUT2D eigenvalue weighted by Gasteiger charge is 2.22. The maximum atomic E-state index is 14.0. The molecule has 1 aliphatic rings. The SMILES string of the molecule is Cc1ccc(CNC(=O)c2cc(-c3ncccc3CCC(=O)CC(C)C)ccc2CCC2CC2)cc1F. The lowest BCUT2D eigenvalue weighted by atomic mass is 9.94. The molecule has 4 rings (SSSR count). The highest BCUT2D eigenvalue weighted by molar-refractivity contribution is 5.97. The smallest absolute Gasteiger partial charge is 0.251 e. The van der Waals surface area contributed by atoms with E-state index in [9.17, 15) is 14.0 Å². The molecule has 0 aliphatic heterocycles. The van der Waals surface area contributed by atoms with Crippen molar-refractivity contribution >= 4 is 11.7 Å². The Morgan fingerprint density at radius 1 is 1.05 bits per heavy atom. The number of hydrogen-bond donors (Lipinski definition) is 1. The second-order valence-corrected chi connectivity index (χ2v) is 10.8. The lowest BCUT2D eigenvalue weighted by Crippen LogP contribution is -2.24. The van der Waals surface area contributed by atoms with Crippen molar-refractivity contribution in [1.29, 1.82) is 0 Å². The summed E-state index contributed by atoms with van der Waals surface area (Å²) in [6.45, 7) is 6.09. The molecule has 0 saturated heterocycles. The van der Waals surface area contributed by atoms with Gasteiger partial charge in [-0.15, -0.1) is 0 Å². The minimum atomic E-state index is -0.270. The molecule has 1 heterocycles. The van der Waals surface area contributed by atoms with Gasteiger partial charge in [0, 0.05) is 36.7 Å². The molecule has 0 atom stereocenters. The van der Waals surface area contributed by atoms with Gasteiger partial charge in [-0.3, -0.25) is 14.6 Å². The Morgan fingerprint density at radius 3 is 2.59 bits per heavy atom. The number of carbonyl (C=O) groups is 2. The number of carbonyl (C=O) groups excluding carboxylic acids is 2. The molecule has 0 unspecified atom stereocenters. The van der Waals surface area contributed by atoms with Crippen LogP contribution in [-0.2, 0) is 24.2 Å². The zero-order valence-corrected chi connectivity index (χ0v) is 22.1. The average molecular weight is 501 g/mol. The molecule has 2 aromatic carbocycles. The van der Waals surface area contributed by atoms with E-state index in [1.807, 2.05) is 36.4 Å². The molecule has 194 valence electrons. The minimum absolute atomic E-state index is 0.168. The van der Waals surface area contributed by atoms with Gasteiger partial charge < -0.3 is 5.32 Å². The van der Waals surface area contributed by atoms with Crippen LogP contribution in [-0.4, -0.2) is 16.7 Å². The number of nitrogens with zero attached hydrogens (tertiary/aromatic N) is 1. The van der Waals surface area contributed by atoms with Crippen LogP contribution in [0.3, 0.4) is 0 Å². The molecule has 1 amide bonds. The number of pyridine rings is 1. The summed E-state index contributed by atoms with van der Waals surface area (Å²) in [5, 5.41) is 2.99. The lowest BCUT2D eigenvalue weighted by Gasteiger charge is -2.14. The van der Waals surface area contributed by atoms with Gasteiger partial charge in [0.15, 0.2) is 0 Å². The van der Waals surface area contributed by atoms with E-state index in [0.717, 1.165) is 46.7 Å². The number of Topliss-reactive ketones (excluding diaryl/α,β-unsaturated/α-hetero) is 1. The normalized spacial score (nSPS) is 13.1. The highest BCUT2D eigenvalue weighted by Crippen LogP contribution is 2.34. The van der Waals surface area contributed by atoms with Crippen LogP contribution in [0.5, 0.6) is 0 Å². The van der Waals surface area contributed by atoms with E-state index < -0.39 is 0 Å². The van der Waals surface area contributed by atoms with Gasteiger partial charge in [0.2, 0.25) is 0 Å². The quantitative estimate of drug-likeness (QED) is 0.291. The van der Waals surface area contributed by atoms with Crippen molar-refractivity contribution in [3.8, 4) is 11.3 Å². The standard InChI is InChI=1S/C32H37FN2O2/c1-21(2)17-28(36)15-14-26-5-4-16-34-31(26)27-13-12-25(11-10-23-8-9-23)29(19-27)32(37)35-20-24-7-6-22(3)30(33)18-24/h4-7,12-13,16,18-19,21,23H,8-11,14-15,17,20H2,1-3H3,(H,35,37). The lowest BCUT2D eigenvalue weighted by molar-refractivity contribution is -0.119. The monoisotopic (exact) mass is 500 g/mol. The predicted octanol–water partition coefficient (Wildman–Crippen LogP) is 7.02. The Bertz CT molecular complexity index is 1260. The summed E-state index contributed by atoms with van der Waals surface area (Å²) >= 11 is 0. The molecular weight excluding hydrogens is 463 g/mol. The topological polar surface area (TPSA) is 59.1 Å². The van der Waals surface area contributed by atoms with E-state index in [0.29, 0.717) is 36.3 Å². The van der Waals surface area contributed by atoms with Crippen molar-refractivity contribution in [2.75, 3.05) is 0 Å². The number of rotatable bonds is 12. The van der Waals surface area contributed by atoms with E-state index in [4.69, 9.17) is 0 Å². The molecule has 37 heavy (non-hydrogen) atoms. The summed E-state index contributed by atoms with van der Waals surface area (Å²) in [6.07, 6.45) is 7.91. The second-order valence-electron chi connectivity index (χ2n) is 10.8. The number of benzene rings is 2. The number of hydrogen-bond acceptors (Lipinski definition) is 3. The molecule has 0 bridgehead atoms. The Kier molecular flexibility index (Phi) is 8.86. The molecule has 1 aromatic heterocycles. The first-order valence-electron chi connectivity index (χ1n) is 13.4. The van der Waals surface area contributed by atoms with Crippen LogP contribution >= 0.6 is 0 Å². The van der Waals surface area contributed by atoms with Gasteiger partial charge in [0.05, 0.1) is 5.69 Å². The maximum Gasteiger partial charge on any atom is 0.251 e. The van der Waals surface area contributed by atoms with Crippen molar-refractivity contribution in [2.45, 2.75) is 72.3 Å². The Hall–Kier alpha value is -3.34. The molecule has 0 radical (unpaired) electrons. The first-order chi connectivity index (χ1) is 17.8. The molecule has 1 N–H and O–H groups in total. The molecule has 0 spiro atoms. The number of amides is 1. The zero-order chi connectivity index (χ0) is 26.4. The minimum Gasteiger partial charge on any atom is -0.348 e. The van der Waals surface area contributed by atoms with Gasteiger partial charge in [-0.2, -0.15) is 0 Å². The van der Waals surface area contributed by atoms with E-state index in [1.165, 1.54) is 18.9 Å². The number of nitrogens with one attached hydrogen (secondary N) is 1. The van der Waals surface area contributed by atoms with Gasteiger partial charge in [0.1, 0.15) is 11.6 Å². The Labute approximate surface area is 219 Å². The van der Waals surface area contributed by atoms with Crippen LogP contribution in [0, 0.1) is 24.6 Å². The van der Waals surface area contributed by atoms with Crippen LogP contribution in [0.25, 0.3) is 11.3 Å². The predicted molar refractivity (Wildman–Crippen MR) is 146 cm³/mol. The largest absolute Gasteiger partial charge is 0.348 e. The zero-order valence-electron chi connectivity index (χ0n) is 22.1. The molecule has 1 fully saturated rings. The maximum absolute atomic E-state index is 14.0. The molecule has 3 aromatic rings. The molecular formula is C32H37FN2O2. The number of halogens is 1. The summed E-state index contributed by atoms with van der Waals surface area (Å²) in [5.74, 6) is 0.929. The van der Waals surface area contributed by atoms with Crippen molar-refractivity contribution in [3.05, 3.63) is 88.4 Å². The fourth-order valence-corrected chi connectivity index (χ4v) is 4.67. The second kappa shape index (κ2) is 12.3. The van der Waals surface area contributed by atoms with Crippen molar-refractivity contribution in [1.82, 2.24) is 10.3 Å². The van der Waals surface area contributed by atoms with Crippen LogP contribution in [0.2, 0.25) is 0 Å². The van der Waals surface area contributed by atoms with Gasteiger partial charge >= 0.3 is 0 Å². The third-order valence-corrected chi connectivity index (χ3v) is 7.04. The summed E-state index contributed by atoms with van der Waals surface area (Å²) in [7, 11) is 0. The molecule has 4 nitrogen and oxygen atoms in total. The van der Waals surface area contributed by atoms with Crippen molar-refractivity contribution in [3.63, 3.8) is 0 Å². The summed E-state index contributed by atoms with van der Waals surface area (Å²) in [4.78, 5) is 30.3. The van der Waals surface area contributed by atoms with Crippen LogP contribution < -0.4 is 5.32 Å². The molecule has 1 saturated carbocycles. The first-order valence-corrected chi connectivity index (χ1v) is 13.4. The van der Waals surface area contributed by atoms with Crippen LogP contribution in [0.4, 0.5) is 4.39 Å². The summed E-state index contributed by atoms with van der Waals surface area (Å²) in [6, 6.07) is 14.9. The van der Waals surface area contributed by atoms with Crippen LogP contribution in [0.15, 0.2) is 54.7 Å². The number of aryl methyl sites for hydroxylation is 3. The van der Waals surface area contributed by atoms with Crippen LogP contribution in [0.1, 0.15) is 78.6 Å².